The van der Waals surface area contributed by atoms with E-state index in [0.29, 0.717) is 18.0 Å². The highest BCUT2D eigenvalue weighted by Gasteiger charge is 2.10. The molecule has 0 radical (unpaired) electrons. The van der Waals surface area contributed by atoms with E-state index >= 15 is 0 Å². The maximum atomic E-state index is 11.9. The van der Waals surface area contributed by atoms with Crippen LogP contribution in [-0.2, 0) is 9.53 Å². The number of nitrogens with zero attached hydrogens (tertiary/aromatic N) is 1. The van der Waals surface area contributed by atoms with Crippen molar-refractivity contribution in [2.24, 2.45) is 5.73 Å². The largest absolute Gasteiger partial charge is 0.389 e. The van der Waals surface area contributed by atoms with Gasteiger partial charge in [-0.15, -0.1) is 0 Å². The van der Waals surface area contributed by atoms with E-state index in [1.807, 2.05) is 24.3 Å². The molecule has 4 nitrogen and oxygen atoms in total. The fraction of sp³-hybridized carbons (Fsp3) is 0.385. The van der Waals surface area contributed by atoms with Crippen molar-refractivity contribution in [1.82, 2.24) is 0 Å². The molecule has 0 atom stereocenters. The summed E-state index contributed by atoms with van der Waals surface area (Å²) in [6.45, 7) is 0.597. The summed E-state index contributed by atoms with van der Waals surface area (Å²) >= 11 is 4.88. The lowest BCUT2D eigenvalue weighted by Crippen LogP contribution is -2.26. The number of amides is 1. The van der Waals surface area contributed by atoms with Gasteiger partial charge in [0.15, 0.2) is 0 Å². The van der Waals surface area contributed by atoms with Gasteiger partial charge in [0.2, 0.25) is 5.91 Å². The second-order valence-corrected chi connectivity index (χ2v) is 4.40. The zero-order chi connectivity index (χ0) is 13.5. The van der Waals surface area contributed by atoms with Crippen LogP contribution in [0.3, 0.4) is 0 Å². The Morgan fingerprint density at radius 1 is 1.39 bits per heavy atom. The fourth-order valence-corrected chi connectivity index (χ4v) is 1.66. The third-order valence-electron chi connectivity index (χ3n) is 2.65. The molecule has 18 heavy (non-hydrogen) atoms. The molecule has 0 aliphatic rings. The van der Waals surface area contributed by atoms with Gasteiger partial charge in [-0.3, -0.25) is 4.79 Å². The van der Waals surface area contributed by atoms with Gasteiger partial charge in [-0.05, 0) is 30.7 Å². The first kappa shape index (κ1) is 14.6. The van der Waals surface area contributed by atoms with Gasteiger partial charge in [0.05, 0.1) is 0 Å². The van der Waals surface area contributed by atoms with Crippen molar-refractivity contribution in [3.05, 3.63) is 29.8 Å². The van der Waals surface area contributed by atoms with E-state index in [-0.39, 0.29) is 5.91 Å². The molecule has 0 aromatic heterocycles. The summed E-state index contributed by atoms with van der Waals surface area (Å²) in [5.41, 5.74) is 7.15. The number of thiocarbonyl (C=S) groups is 1. The normalized spacial score (nSPS) is 10.1. The summed E-state index contributed by atoms with van der Waals surface area (Å²) in [6, 6.07) is 7.30. The molecule has 2 N–H and O–H groups in total. The summed E-state index contributed by atoms with van der Waals surface area (Å²) in [4.78, 5) is 13.8. The van der Waals surface area contributed by atoms with E-state index in [4.69, 9.17) is 22.7 Å². The Balaban J connectivity index is 2.63. The van der Waals surface area contributed by atoms with Crippen LogP contribution < -0.4 is 10.6 Å². The van der Waals surface area contributed by atoms with E-state index in [2.05, 4.69) is 0 Å². The van der Waals surface area contributed by atoms with Crippen molar-refractivity contribution in [2.75, 3.05) is 25.7 Å². The number of anilines is 1. The quantitative estimate of drug-likeness (QED) is 0.629. The molecule has 0 fully saturated rings. The lowest BCUT2D eigenvalue weighted by molar-refractivity contribution is -0.118. The Kier molecular flexibility index (Phi) is 5.74. The Hall–Kier alpha value is -1.46. The van der Waals surface area contributed by atoms with Gasteiger partial charge in [0.1, 0.15) is 4.99 Å². The summed E-state index contributed by atoms with van der Waals surface area (Å²) in [7, 11) is 3.38. The van der Waals surface area contributed by atoms with E-state index in [1.54, 1.807) is 19.1 Å². The summed E-state index contributed by atoms with van der Waals surface area (Å²) in [5, 5.41) is 0. The summed E-state index contributed by atoms with van der Waals surface area (Å²) in [6.07, 6.45) is 1.20. The van der Waals surface area contributed by atoms with Crippen LogP contribution in [0.5, 0.6) is 0 Å². The number of hydrogen-bond donors (Lipinski definition) is 1. The molecular weight excluding hydrogens is 248 g/mol. The molecule has 1 amide bonds. The van der Waals surface area contributed by atoms with Gasteiger partial charge < -0.3 is 15.4 Å². The number of carbonyl (C=O) groups is 1. The van der Waals surface area contributed by atoms with E-state index in [0.717, 1.165) is 17.7 Å². The third-order valence-corrected chi connectivity index (χ3v) is 2.89. The average molecular weight is 266 g/mol. The van der Waals surface area contributed by atoms with Crippen LogP contribution in [0.2, 0.25) is 0 Å². The van der Waals surface area contributed by atoms with Gasteiger partial charge in [0.25, 0.3) is 0 Å². The molecule has 0 heterocycles. The predicted molar refractivity (Wildman–Crippen MR) is 76.8 cm³/mol. The van der Waals surface area contributed by atoms with Crippen molar-refractivity contribution in [3.63, 3.8) is 0 Å². The topological polar surface area (TPSA) is 55.6 Å². The first-order valence-electron chi connectivity index (χ1n) is 5.71. The van der Waals surface area contributed by atoms with Crippen LogP contribution in [0.1, 0.15) is 18.4 Å². The Bertz CT molecular complexity index is 418. The molecule has 0 aliphatic carbocycles. The molecule has 1 aromatic rings. The van der Waals surface area contributed by atoms with Gasteiger partial charge in [0, 0.05) is 38.4 Å². The minimum absolute atomic E-state index is 0.0649. The number of carbonyl (C=O) groups excluding carboxylic acids is 1. The smallest absolute Gasteiger partial charge is 0.226 e. The SMILES string of the molecule is COCCCC(=O)N(C)c1ccc(C(N)=S)cc1. The highest BCUT2D eigenvalue weighted by molar-refractivity contribution is 7.80. The monoisotopic (exact) mass is 266 g/mol. The first-order chi connectivity index (χ1) is 8.56. The standard InChI is InChI=1S/C13H18N2O2S/c1-15(12(16)4-3-9-17-2)11-7-5-10(6-8-11)13(14)18/h5-8H,3-4,9H2,1-2H3,(H2,14,18). The lowest BCUT2D eigenvalue weighted by atomic mass is 10.2. The van der Waals surface area contributed by atoms with Gasteiger partial charge >= 0.3 is 0 Å². The number of methoxy groups -OCH3 is 1. The maximum Gasteiger partial charge on any atom is 0.226 e. The summed E-state index contributed by atoms with van der Waals surface area (Å²) < 4.78 is 4.92. The molecular formula is C13H18N2O2S. The average Bonchev–Trinajstić information content (AvgIpc) is 2.38. The van der Waals surface area contributed by atoms with Crippen molar-refractivity contribution in [3.8, 4) is 0 Å². The Morgan fingerprint density at radius 2 is 2.00 bits per heavy atom. The highest BCUT2D eigenvalue weighted by Crippen LogP contribution is 2.15. The Morgan fingerprint density at radius 3 is 2.50 bits per heavy atom. The van der Waals surface area contributed by atoms with Gasteiger partial charge in [-0.25, -0.2) is 0 Å². The van der Waals surface area contributed by atoms with Crippen LogP contribution in [0.15, 0.2) is 24.3 Å². The molecule has 98 valence electrons. The highest BCUT2D eigenvalue weighted by atomic mass is 32.1. The molecule has 1 aromatic carbocycles. The van der Waals surface area contributed by atoms with Crippen molar-refractivity contribution < 1.29 is 9.53 Å². The van der Waals surface area contributed by atoms with E-state index < -0.39 is 0 Å². The lowest BCUT2D eigenvalue weighted by Gasteiger charge is -2.17. The summed E-state index contributed by atoms with van der Waals surface area (Å²) in [5.74, 6) is 0.0649. The molecule has 5 heteroatoms. The van der Waals surface area contributed by atoms with E-state index in [1.165, 1.54) is 0 Å². The molecule has 0 aliphatic heterocycles. The van der Waals surface area contributed by atoms with Crippen LogP contribution in [0.4, 0.5) is 5.69 Å². The third kappa shape index (κ3) is 4.09. The van der Waals surface area contributed by atoms with Crippen molar-refractivity contribution in [2.45, 2.75) is 12.8 Å². The number of ether oxygens (including phenoxy) is 1. The Labute approximate surface area is 113 Å². The molecule has 1 rings (SSSR count). The van der Waals surface area contributed by atoms with Crippen LogP contribution in [0.25, 0.3) is 0 Å². The van der Waals surface area contributed by atoms with Crippen LogP contribution in [0, 0.1) is 0 Å². The fourth-order valence-electron chi connectivity index (χ4n) is 1.53. The zero-order valence-corrected chi connectivity index (χ0v) is 11.5. The number of nitrogens with two attached hydrogens (primary N) is 1. The van der Waals surface area contributed by atoms with Crippen LogP contribution >= 0.6 is 12.2 Å². The second-order valence-electron chi connectivity index (χ2n) is 3.96. The molecule has 0 saturated carbocycles. The molecule has 0 saturated heterocycles. The van der Waals surface area contributed by atoms with Gasteiger partial charge in [-0.1, -0.05) is 12.2 Å². The predicted octanol–water partition coefficient (Wildman–Crippen LogP) is 1.71. The number of benzene rings is 1. The molecule has 0 bridgehead atoms. The minimum Gasteiger partial charge on any atom is -0.389 e. The first-order valence-corrected chi connectivity index (χ1v) is 6.12. The molecule has 0 spiro atoms. The van der Waals surface area contributed by atoms with Crippen molar-refractivity contribution in [1.29, 1.82) is 0 Å². The molecule has 0 unspecified atom stereocenters. The van der Waals surface area contributed by atoms with E-state index in [9.17, 15) is 4.79 Å². The number of rotatable bonds is 6. The second kappa shape index (κ2) is 7.08. The zero-order valence-electron chi connectivity index (χ0n) is 10.7. The number of hydrogen-bond acceptors (Lipinski definition) is 3. The van der Waals surface area contributed by atoms with Crippen LogP contribution in [-0.4, -0.2) is 31.7 Å². The minimum atomic E-state index is 0.0649. The van der Waals surface area contributed by atoms with Gasteiger partial charge in [-0.2, -0.15) is 0 Å². The maximum absolute atomic E-state index is 11.9. The van der Waals surface area contributed by atoms with Crippen molar-refractivity contribution >= 4 is 28.8 Å².